The van der Waals surface area contributed by atoms with Crippen LogP contribution in [0.2, 0.25) is 0 Å². The first-order valence-electron chi connectivity index (χ1n) is 12.3. The summed E-state index contributed by atoms with van der Waals surface area (Å²) in [6.07, 6.45) is 4.81. The fourth-order valence-corrected chi connectivity index (χ4v) is 6.17. The highest BCUT2D eigenvalue weighted by atomic mass is 14.9. The van der Waals surface area contributed by atoms with E-state index in [1.807, 2.05) is 12.1 Å². The second-order valence-corrected chi connectivity index (χ2v) is 9.27. The molecule has 3 aliphatic rings. The van der Waals surface area contributed by atoms with Crippen molar-refractivity contribution in [2.24, 2.45) is 0 Å². The van der Waals surface area contributed by atoms with Crippen LogP contribution in [0.25, 0.3) is 69.9 Å². The van der Waals surface area contributed by atoms with Gasteiger partial charge >= 0.3 is 5.82 Å². The van der Waals surface area contributed by atoms with Gasteiger partial charge in [0.25, 0.3) is 11.4 Å². The maximum absolute atomic E-state index is 10.1. The molecule has 9 heteroatoms. The highest BCUT2D eigenvalue weighted by Gasteiger charge is 2.46. The Morgan fingerprint density at radius 1 is 0.524 bits per heavy atom. The first-order chi connectivity index (χ1) is 20.6. The van der Waals surface area contributed by atoms with Crippen LogP contribution >= 0.6 is 0 Å². The third kappa shape index (κ3) is 2.76. The lowest BCUT2D eigenvalue weighted by Crippen LogP contribution is -1.99. The quantitative estimate of drug-likeness (QED) is 0.159. The van der Waals surface area contributed by atoms with E-state index in [-0.39, 0.29) is 17.2 Å². The molecule has 1 aromatic carbocycles. The minimum absolute atomic E-state index is 0.166. The molecule has 0 N–H and O–H groups in total. The number of nitrogens with zero attached hydrogens (tertiary/aromatic N) is 9. The van der Waals surface area contributed by atoms with E-state index in [1.165, 1.54) is 0 Å². The number of rotatable bonds is 0. The number of fused-ring (bicyclic) bond motifs is 12. The zero-order chi connectivity index (χ0) is 29.1. The third-order valence-electron chi connectivity index (χ3n) is 7.54. The van der Waals surface area contributed by atoms with Crippen molar-refractivity contribution in [2.45, 2.75) is 0 Å². The first-order valence-corrected chi connectivity index (χ1v) is 12.3. The number of aromatic nitrogens is 3. The number of hydrogen-bond acceptors (Lipinski definition) is 5. The minimum Gasteiger partial charge on any atom is -0.256 e. The van der Waals surface area contributed by atoms with Crippen LogP contribution in [0.15, 0.2) is 72.2 Å². The molecule has 0 atom stereocenters. The normalized spacial score (nSPS) is 14.6. The van der Waals surface area contributed by atoms with E-state index in [9.17, 15) is 10.5 Å². The Bertz CT molecular complexity index is 2030. The van der Waals surface area contributed by atoms with E-state index in [1.54, 1.807) is 55.0 Å². The summed E-state index contributed by atoms with van der Waals surface area (Å²) in [6, 6.07) is 14.5. The zero-order valence-electron chi connectivity index (χ0n) is 21.2. The summed E-state index contributed by atoms with van der Waals surface area (Å²) < 4.78 is 0. The van der Waals surface area contributed by atoms with Crippen molar-refractivity contribution < 1.29 is 0 Å². The van der Waals surface area contributed by atoms with Crippen LogP contribution in [-0.2, 0) is 0 Å². The molecule has 3 aromatic heterocycles. The van der Waals surface area contributed by atoms with E-state index in [0.29, 0.717) is 83.9 Å². The van der Waals surface area contributed by atoms with Crippen LogP contribution in [-0.4, -0.2) is 15.0 Å². The van der Waals surface area contributed by atoms with Crippen LogP contribution in [0.1, 0.15) is 33.4 Å². The Morgan fingerprint density at radius 3 is 1.21 bits per heavy atom. The van der Waals surface area contributed by atoms with Gasteiger partial charge in [0, 0.05) is 52.0 Å². The molecule has 0 radical (unpaired) electrons. The lowest BCUT2D eigenvalue weighted by molar-refractivity contribution is 1.31. The predicted octanol–water partition coefficient (Wildman–Crippen LogP) is 6.77. The van der Waals surface area contributed by atoms with Crippen molar-refractivity contribution in [1.82, 2.24) is 15.0 Å². The van der Waals surface area contributed by atoms with Gasteiger partial charge in [0.05, 0.1) is 47.9 Å². The van der Waals surface area contributed by atoms with Crippen molar-refractivity contribution in [3.63, 3.8) is 0 Å². The third-order valence-corrected chi connectivity index (χ3v) is 7.54. The lowest BCUT2D eigenvalue weighted by atomic mass is 9.84. The fourth-order valence-electron chi connectivity index (χ4n) is 6.17. The smallest absolute Gasteiger partial charge is 0.256 e. The number of hydrogen-bond donors (Lipinski definition) is 0. The number of allylic oxidation sites excluding steroid dienone is 2. The van der Waals surface area contributed by atoms with Crippen molar-refractivity contribution in [1.29, 1.82) is 10.5 Å². The predicted molar refractivity (Wildman–Crippen MR) is 152 cm³/mol. The molecule has 3 aliphatic carbocycles. The van der Waals surface area contributed by atoms with E-state index in [4.69, 9.17) is 26.3 Å². The molecule has 0 spiro atoms. The zero-order valence-corrected chi connectivity index (χ0v) is 21.2. The molecule has 3 heterocycles. The summed E-state index contributed by atoms with van der Waals surface area (Å²) in [5.74, 6) is -0.185. The molecule has 186 valence electrons. The van der Waals surface area contributed by atoms with Crippen LogP contribution < -0.4 is 0 Å². The largest absolute Gasteiger partial charge is 0.528 e. The van der Waals surface area contributed by atoms with E-state index < -0.39 is 0 Å². The van der Waals surface area contributed by atoms with Gasteiger partial charge in [-0.3, -0.25) is 15.0 Å². The van der Waals surface area contributed by atoms with Gasteiger partial charge in [0.1, 0.15) is 13.1 Å². The van der Waals surface area contributed by atoms with Crippen molar-refractivity contribution in [3.8, 4) is 45.9 Å². The standard InChI is InChI=1S/C33H9N9/c1-36-19(14-34)21-16-8-5-11-40-30(16)27-24-22(20(15-35)37-2)17-9-6-12-41-31(17)28(24)26-23(33(38-3)39-4)18-10-7-13-42-32(18)29(26)25(21)27/h5-13H/b21-19-,22-20+. The van der Waals surface area contributed by atoms with Crippen molar-refractivity contribution in [3.05, 3.63) is 151 Å². The highest BCUT2D eigenvalue weighted by Crippen LogP contribution is 2.64. The summed E-state index contributed by atoms with van der Waals surface area (Å²) in [6.45, 7) is 31.5. The molecular formula is C33H9N9. The maximum Gasteiger partial charge on any atom is 0.528 e. The SMILES string of the molecule is [C-]#[N+]C([N+]#[C-])=C1c2cccnc2-c2c1c1c(c3c2/C(=C(/C#N)[N+]#[C-])c2cccnc2-3)/C(=C(\C#N)[N+]#[C-])c2cccnc2-1. The van der Waals surface area contributed by atoms with Gasteiger partial charge in [0.15, 0.2) is 0 Å². The van der Waals surface area contributed by atoms with E-state index in [2.05, 4.69) is 34.3 Å². The number of nitriles is 2. The monoisotopic (exact) mass is 531 g/mol. The van der Waals surface area contributed by atoms with Gasteiger partial charge in [-0.15, -0.1) is 0 Å². The van der Waals surface area contributed by atoms with E-state index >= 15 is 0 Å². The Hall–Kier alpha value is -7.17. The summed E-state index contributed by atoms with van der Waals surface area (Å²) in [7, 11) is 0. The molecule has 0 amide bonds. The molecule has 7 rings (SSSR count). The maximum atomic E-state index is 10.1. The molecule has 4 aromatic rings. The molecule has 0 saturated carbocycles. The summed E-state index contributed by atoms with van der Waals surface area (Å²) >= 11 is 0. The van der Waals surface area contributed by atoms with Crippen LogP contribution in [0.3, 0.4) is 0 Å². The van der Waals surface area contributed by atoms with Gasteiger partial charge in [-0.25, -0.2) is 20.2 Å². The number of pyridine rings is 3. The fraction of sp³-hybridized carbons (Fsp3) is 0. The van der Waals surface area contributed by atoms with Crippen molar-refractivity contribution >= 4 is 16.7 Å². The molecule has 42 heavy (non-hydrogen) atoms. The molecule has 0 saturated heterocycles. The first kappa shape index (κ1) is 23.9. The molecular weight excluding hydrogens is 522 g/mol. The Labute approximate surface area is 239 Å². The Balaban J connectivity index is 1.88. The topological polar surface area (TPSA) is 104 Å². The summed E-state index contributed by atoms with van der Waals surface area (Å²) in [5, 5.41) is 20.2. The van der Waals surface area contributed by atoms with Crippen LogP contribution in [0, 0.1) is 49.0 Å². The summed E-state index contributed by atoms with van der Waals surface area (Å²) in [5.41, 5.74) is 6.90. The van der Waals surface area contributed by atoms with Crippen LogP contribution in [0.5, 0.6) is 0 Å². The molecule has 0 fully saturated rings. The second-order valence-electron chi connectivity index (χ2n) is 9.27. The van der Waals surface area contributed by atoms with Gasteiger partial charge < -0.3 is 0 Å². The highest BCUT2D eigenvalue weighted by molar-refractivity contribution is 6.23. The molecule has 0 unspecified atom stereocenters. The van der Waals surface area contributed by atoms with Gasteiger partial charge in [0.2, 0.25) is 0 Å². The minimum atomic E-state index is -0.185. The van der Waals surface area contributed by atoms with Gasteiger partial charge in [-0.05, 0) is 46.0 Å². The molecule has 0 bridgehead atoms. The van der Waals surface area contributed by atoms with E-state index in [0.717, 1.165) is 0 Å². The molecule has 0 aliphatic heterocycles. The average Bonchev–Trinajstić information content (AvgIpc) is 3.66. The van der Waals surface area contributed by atoms with Crippen molar-refractivity contribution in [2.75, 3.05) is 0 Å². The van der Waals surface area contributed by atoms with Crippen LogP contribution in [0.4, 0.5) is 0 Å². The Morgan fingerprint density at radius 2 is 0.881 bits per heavy atom. The van der Waals surface area contributed by atoms with Gasteiger partial charge in [-0.2, -0.15) is 9.69 Å². The average molecular weight is 531 g/mol. The second kappa shape index (κ2) is 8.68. The Kier molecular flexibility index (Phi) is 4.94. The molecule has 9 nitrogen and oxygen atoms in total. The number of benzene rings is 1. The summed E-state index contributed by atoms with van der Waals surface area (Å²) in [4.78, 5) is 28.3. The lowest BCUT2D eigenvalue weighted by Gasteiger charge is -2.17. The van der Waals surface area contributed by atoms with Gasteiger partial charge in [-0.1, -0.05) is 18.2 Å².